The van der Waals surface area contributed by atoms with Crippen LogP contribution < -0.4 is 14.4 Å². The highest BCUT2D eigenvalue weighted by Crippen LogP contribution is 2.45. The zero-order valence-corrected chi connectivity index (χ0v) is 23.0. The van der Waals surface area contributed by atoms with Crippen LogP contribution in [0.3, 0.4) is 0 Å². The fourth-order valence-electron chi connectivity index (χ4n) is 6.34. The van der Waals surface area contributed by atoms with Crippen LogP contribution in [0.15, 0.2) is 42.5 Å². The minimum Gasteiger partial charge on any atom is -0.497 e. The van der Waals surface area contributed by atoms with E-state index in [-0.39, 0.29) is 25.3 Å². The van der Waals surface area contributed by atoms with E-state index in [1.807, 2.05) is 42.5 Å². The molecule has 2 aliphatic heterocycles. The first kappa shape index (κ1) is 28.6. The van der Waals surface area contributed by atoms with Gasteiger partial charge in [0.05, 0.1) is 20.1 Å². The van der Waals surface area contributed by atoms with Crippen molar-refractivity contribution in [1.82, 2.24) is 4.90 Å². The predicted molar refractivity (Wildman–Crippen MR) is 147 cm³/mol. The Bertz CT molecular complexity index is 1160. The Kier molecular flexibility index (Phi) is 8.78. The highest BCUT2D eigenvalue weighted by Gasteiger charge is 2.45. The van der Waals surface area contributed by atoms with Gasteiger partial charge in [0.1, 0.15) is 17.5 Å². The number of ether oxygens (including phenoxy) is 2. The largest absolute Gasteiger partial charge is 0.497 e. The number of aliphatic carboxylic acids is 1. The zero-order valence-electron chi connectivity index (χ0n) is 23.0. The van der Waals surface area contributed by atoms with Gasteiger partial charge < -0.3 is 19.5 Å². The molecule has 3 aliphatic rings. The van der Waals surface area contributed by atoms with Gasteiger partial charge in [0.2, 0.25) is 0 Å². The Hall–Kier alpha value is -2.94. The third kappa shape index (κ3) is 7.03. The monoisotopic (exact) mass is 560 g/mol. The van der Waals surface area contributed by atoms with Crippen molar-refractivity contribution < 1.29 is 32.5 Å². The van der Waals surface area contributed by atoms with Crippen LogP contribution in [0.4, 0.5) is 18.9 Å². The third-order valence-electron chi connectivity index (χ3n) is 8.72. The standard InChI is InChI=1S/C31H39F3N2O4/c1-39-25-10-9-24(19-36-13-3-6-29(36)31(32,33)34)28(17-25)35-14-11-21(12-15-35)20-40-26-5-2-4-23(16-26)27(18-30(37)38)22-7-8-22/h2,4-5,9-10,16-17,21-22,27,29H,3,6-8,11-15,18-20H2,1H3,(H,37,38). The van der Waals surface area contributed by atoms with Crippen LogP contribution in [-0.4, -0.2) is 61.5 Å². The quantitative estimate of drug-likeness (QED) is 0.339. The second-order valence-corrected chi connectivity index (χ2v) is 11.5. The van der Waals surface area contributed by atoms with Crippen LogP contribution in [0, 0.1) is 11.8 Å². The lowest BCUT2D eigenvalue weighted by Crippen LogP contribution is -2.41. The molecule has 6 nitrogen and oxygen atoms in total. The van der Waals surface area contributed by atoms with Gasteiger partial charge >= 0.3 is 12.1 Å². The Morgan fingerprint density at radius 3 is 2.48 bits per heavy atom. The van der Waals surface area contributed by atoms with Crippen molar-refractivity contribution in [2.45, 2.75) is 69.6 Å². The molecule has 0 amide bonds. The number of rotatable bonds is 11. The van der Waals surface area contributed by atoms with Gasteiger partial charge in [0.25, 0.3) is 0 Å². The number of alkyl halides is 3. The molecule has 5 rings (SSSR count). The number of carboxylic acids is 1. The minimum atomic E-state index is -4.21. The lowest BCUT2D eigenvalue weighted by molar-refractivity contribution is -0.177. The van der Waals surface area contributed by atoms with Crippen molar-refractivity contribution in [3.05, 3.63) is 53.6 Å². The first-order valence-electron chi connectivity index (χ1n) is 14.4. The molecular formula is C31H39F3N2O4. The van der Waals surface area contributed by atoms with Crippen LogP contribution in [0.5, 0.6) is 11.5 Å². The number of hydrogen-bond acceptors (Lipinski definition) is 5. The smallest absolute Gasteiger partial charge is 0.404 e. The fraction of sp³-hybridized carbons (Fsp3) is 0.581. The summed E-state index contributed by atoms with van der Waals surface area (Å²) < 4.78 is 52.3. The van der Waals surface area contributed by atoms with Crippen molar-refractivity contribution in [3.8, 4) is 11.5 Å². The summed E-state index contributed by atoms with van der Waals surface area (Å²) in [5.74, 6) is 1.55. The van der Waals surface area contributed by atoms with Gasteiger partial charge in [-0.15, -0.1) is 0 Å². The van der Waals surface area contributed by atoms with Gasteiger partial charge in [-0.05, 0) is 92.1 Å². The van der Waals surface area contributed by atoms with Crippen molar-refractivity contribution in [1.29, 1.82) is 0 Å². The summed E-state index contributed by atoms with van der Waals surface area (Å²) in [6, 6.07) is 12.2. The molecule has 1 saturated carbocycles. The SMILES string of the molecule is COc1ccc(CN2CCCC2C(F)(F)F)c(N2CCC(COc3cccc(C(CC(=O)O)C4CC4)c3)CC2)c1. The van der Waals surface area contributed by atoms with Crippen molar-refractivity contribution in [2.75, 3.05) is 38.3 Å². The van der Waals surface area contributed by atoms with E-state index in [2.05, 4.69) is 4.90 Å². The second-order valence-electron chi connectivity index (χ2n) is 11.5. The highest BCUT2D eigenvalue weighted by molar-refractivity contribution is 5.68. The maximum atomic E-state index is 13.6. The van der Waals surface area contributed by atoms with E-state index in [4.69, 9.17) is 9.47 Å². The van der Waals surface area contributed by atoms with Gasteiger partial charge in [-0.25, -0.2) is 0 Å². The van der Waals surface area contributed by atoms with E-state index in [1.165, 1.54) is 0 Å². The summed E-state index contributed by atoms with van der Waals surface area (Å²) in [5.41, 5.74) is 2.88. The summed E-state index contributed by atoms with van der Waals surface area (Å²) in [6.45, 7) is 2.88. The van der Waals surface area contributed by atoms with Crippen LogP contribution in [0.2, 0.25) is 0 Å². The zero-order chi connectivity index (χ0) is 28.3. The van der Waals surface area contributed by atoms with E-state index in [0.29, 0.717) is 37.2 Å². The predicted octanol–water partition coefficient (Wildman–Crippen LogP) is 6.49. The Balaban J connectivity index is 1.19. The fourth-order valence-corrected chi connectivity index (χ4v) is 6.34. The molecule has 0 radical (unpaired) electrons. The molecule has 2 saturated heterocycles. The molecule has 9 heteroatoms. The summed E-state index contributed by atoms with van der Waals surface area (Å²) in [7, 11) is 1.60. The number of benzene rings is 2. The highest BCUT2D eigenvalue weighted by atomic mass is 19.4. The molecule has 0 aromatic heterocycles. The van der Waals surface area contributed by atoms with Crippen molar-refractivity contribution >= 4 is 11.7 Å². The lowest BCUT2D eigenvalue weighted by atomic mass is 9.91. The number of nitrogens with zero attached hydrogens (tertiary/aromatic N) is 2. The molecule has 2 aromatic rings. The van der Waals surface area contributed by atoms with Gasteiger partial charge in [-0.1, -0.05) is 18.2 Å². The molecule has 2 unspecified atom stereocenters. The van der Waals surface area contributed by atoms with Crippen LogP contribution in [0.25, 0.3) is 0 Å². The van der Waals surface area contributed by atoms with Crippen molar-refractivity contribution in [2.24, 2.45) is 11.8 Å². The number of anilines is 1. The molecule has 218 valence electrons. The molecule has 3 fully saturated rings. The summed E-state index contributed by atoms with van der Waals surface area (Å²) in [6.07, 6.45) is 0.636. The average molecular weight is 561 g/mol. The molecule has 2 atom stereocenters. The van der Waals surface area contributed by atoms with E-state index < -0.39 is 18.2 Å². The molecular weight excluding hydrogens is 521 g/mol. The first-order valence-corrected chi connectivity index (χ1v) is 14.4. The molecule has 0 bridgehead atoms. The summed E-state index contributed by atoms with van der Waals surface area (Å²) in [5, 5.41) is 9.34. The minimum absolute atomic E-state index is 0.0355. The molecule has 2 aromatic carbocycles. The van der Waals surface area contributed by atoms with Gasteiger partial charge in [0.15, 0.2) is 0 Å². The number of carboxylic acid groups (broad SMARTS) is 1. The molecule has 2 heterocycles. The average Bonchev–Trinajstić information content (AvgIpc) is 3.67. The van der Waals surface area contributed by atoms with E-state index in [1.54, 1.807) is 12.0 Å². The number of methoxy groups -OCH3 is 1. The van der Waals surface area contributed by atoms with Gasteiger partial charge in [0, 0.05) is 31.4 Å². The van der Waals surface area contributed by atoms with Crippen molar-refractivity contribution in [3.63, 3.8) is 0 Å². The Morgan fingerprint density at radius 1 is 1.02 bits per heavy atom. The lowest BCUT2D eigenvalue weighted by Gasteiger charge is -2.36. The maximum absolute atomic E-state index is 13.6. The van der Waals surface area contributed by atoms with E-state index >= 15 is 0 Å². The first-order chi connectivity index (χ1) is 19.2. The van der Waals surface area contributed by atoms with E-state index in [0.717, 1.165) is 61.3 Å². The second kappa shape index (κ2) is 12.3. The maximum Gasteiger partial charge on any atom is 0.404 e. The molecule has 40 heavy (non-hydrogen) atoms. The molecule has 1 N–H and O–H groups in total. The Labute approximate surface area is 234 Å². The number of piperidine rings is 1. The number of hydrogen-bond donors (Lipinski definition) is 1. The topological polar surface area (TPSA) is 62.2 Å². The van der Waals surface area contributed by atoms with Gasteiger partial charge in [-0.3, -0.25) is 9.69 Å². The van der Waals surface area contributed by atoms with Crippen LogP contribution in [0.1, 0.15) is 62.0 Å². The third-order valence-corrected chi connectivity index (χ3v) is 8.72. The Morgan fingerprint density at radius 2 is 1.80 bits per heavy atom. The summed E-state index contributed by atoms with van der Waals surface area (Å²) >= 11 is 0. The normalized spacial score (nSPS) is 21.4. The number of likely N-dealkylation sites (tertiary alicyclic amines) is 1. The van der Waals surface area contributed by atoms with Crippen LogP contribution >= 0.6 is 0 Å². The number of halogens is 3. The van der Waals surface area contributed by atoms with Crippen LogP contribution in [-0.2, 0) is 11.3 Å². The van der Waals surface area contributed by atoms with E-state index in [9.17, 15) is 23.1 Å². The number of carbonyl (C=O) groups is 1. The molecule has 0 spiro atoms. The van der Waals surface area contributed by atoms with Gasteiger partial charge in [-0.2, -0.15) is 13.2 Å². The summed E-state index contributed by atoms with van der Waals surface area (Å²) in [4.78, 5) is 15.2. The molecule has 1 aliphatic carbocycles.